The van der Waals surface area contributed by atoms with Gasteiger partial charge in [-0.25, -0.2) is 0 Å². The van der Waals surface area contributed by atoms with Crippen LogP contribution in [0.15, 0.2) is 6.07 Å². The van der Waals surface area contributed by atoms with Gasteiger partial charge in [-0.3, -0.25) is 14.3 Å². The van der Waals surface area contributed by atoms with Crippen molar-refractivity contribution in [1.29, 1.82) is 0 Å². The minimum absolute atomic E-state index is 0. The van der Waals surface area contributed by atoms with Crippen molar-refractivity contribution < 1.29 is 14.7 Å². The van der Waals surface area contributed by atoms with Crippen LogP contribution in [0.2, 0.25) is 0 Å². The van der Waals surface area contributed by atoms with E-state index >= 15 is 0 Å². The first-order valence-electron chi connectivity index (χ1n) is 9.02. The van der Waals surface area contributed by atoms with E-state index in [1.807, 2.05) is 0 Å². The molecule has 0 radical (unpaired) electrons. The minimum atomic E-state index is -0.380. The molecule has 0 unspecified atom stereocenters. The number of carbonyl (C=O) groups is 2. The molecule has 2 N–H and O–H groups in total. The van der Waals surface area contributed by atoms with E-state index in [0.29, 0.717) is 37.6 Å². The molecule has 0 aliphatic carbocycles. The molecule has 2 saturated heterocycles. The molecule has 3 aliphatic heterocycles. The lowest BCUT2D eigenvalue weighted by Gasteiger charge is -2.48. The second-order valence-corrected chi connectivity index (χ2v) is 7.54. The average molecular weight is 384 g/mol. The molecule has 3 aliphatic rings. The zero-order valence-electron chi connectivity index (χ0n) is 15.0. The first-order chi connectivity index (χ1) is 12.0. The van der Waals surface area contributed by atoms with Gasteiger partial charge < -0.3 is 20.2 Å². The summed E-state index contributed by atoms with van der Waals surface area (Å²) < 4.78 is 1.63. The van der Waals surface area contributed by atoms with Gasteiger partial charge in [0, 0.05) is 44.7 Å². The van der Waals surface area contributed by atoms with Crippen LogP contribution in [0.3, 0.4) is 0 Å². The summed E-state index contributed by atoms with van der Waals surface area (Å²) in [6, 6.07) is 1.61. The van der Waals surface area contributed by atoms with Crippen LogP contribution in [-0.2, 0) is 6.54 Å². The quantitative estimate of drug-likeness (QED) is 0.710. The number of nitrogens with one attached hydrogen (secondary N) is 1. The van der Waals surface area contributed by atoms with E-state index < -0.39 is 0 Å². The Labute approximate surface area is 158 Å². The fraction of sp³-hybridized carbons (Fsp3) is 0.706. The number of nitrogens with zero attached hydrogens (tertiary/aromatic N) is 4. The standard InChI is InChI=1S/C17H25N5O3.ClH/c1-20-7-8-22-13(16(20)25)9-12(19-22)15(24)21-6-2-4-17(11-21)10-18-5-3-14(17)23;/h9,14,18,23H,2-8,10-11H2,1H3;1H/t14-,17-;/m0./s1. The molecule has 1 spiro atoms. The molecule has 0 bridgehead atoms. The molecule has 2 fully saturated rings. The predicted octanol–water partition coefficient (Wildman–Crippen LogP) is -0.0329. The zero-order valence-corrected chi connectivity index (χ0v) is 15.8. The van der Waals surface area contributed by atoms with Crippen molar-refractivity contribution in [3.63, 3.8) is 0 Å². The number of aromatic nitrogens is 2. The fourth-order valence-corrected chi connectivity index (χ4v) is 4.32. The number of fused-ring (bicyclic) bond motifs is 1. The van der Waals surface area contributed by atoms with Crippen LogP contribution in [0.5, 0.6) is 0 Å². The third-order valence-corrected chi connectivity index (χ3v) is 5.89. The Hall–Kier alpha value is -1.64. The number of halogens is 1. The van der Waals surface area contributed by atoms with Gasteiger partial charge in [0.15, 0.2) is 5.69 Å². The van der Waals surface area contributed by atoms with Gasteiger partial charge >= 0.3 is 0 Å². The number of likely N-dealkylation sites (N-methyl/N-ethyl adjacent to an activating group) is 1. The maximum atomic E-state index is 13.0. The molecule has 4 rings (SSSR count). The van der Waals surface area contributed by atoms with Crippen LogP contribution in [0, 0.1) is 5.41 Å². The lowest BCUT2D eigenvalue weighted by molar-refractivity contribution is -0.0434. The van der Waals surface area contributed by atoms with Gasteiger partial charge in [0.05, 0.1) is 12.6 Å². The largest absolute Gasteiger partial charge is 0.392 e. The topological polar surface area (TPSA) is 90.7 Å². The van der Waals surface area contributed by atoms with Gasteiger partial charge in [-0.05, 0) is 25.8 Å². The van der Waals surface area contributed by atoms with Crippen molar-refractivity contribution in [2.45, 2.75) is 31.9 Å². The van der Waals surface area contributed by atoms with Crippen LogP contribution >= 0.6 is 12.4 Å². The molecule has 0 aromatic carbocycles. The number of hydrogen-bond acceptors (Lipinski definition) is 5. The summed E-state index contributed by atoms with van der Waals surface area (Å²) in [6.45, 7) is 3.98. The molecule has 4 heterocycles. The summed E-state index contributed by atoms with van der Waals surface area (Å²) in [7, 11) is 1.76. The summed E-state index contributed by atoms with van der Waals surface area (Å²) in [6.07, 6.45) is 2.14. The number of rotatable bonds is 1. The molecule has 0 saturated carbocycles. The highest BCUT2D eigenvalue weighted by Crippen LogP contribution is 2.36. The van der Waals surface area contributed by atoms with Crippen molar-refractivity contribution >= 4 is 24.2 Å². The molecule has 9 heteroatoms. The van der Waals surface area contributed by atoms with Crippen molar-refractivity contribution in [3.8, 4) is 0 Å². The van der Waals surface area contributed by atoms with E-state index in [2.05, 4.69) is 10.4 Å². The Kier molecular flexibility index (Phi) is 5.28. The normalized spacial score (nSPS) is 28.7. The van der Waals surface area contributed by atoms with Crippen molar-refractivity contribution in [2.24, 2.45) is 5.41 Å². The van der Waals surface area contributed by atoms with Crippen molar-refractivity contribution in [2.75, 3.05) is 39.8 Å². The second-order valence-electron chi connectivity index (χ2n) is 7.54. The fourth-order valence-electron chi connectivity index (χ4n) is 4.32. The minimum Gasteiger partial charge on any atom is -0.392 e. The molecular formula is C17H26ClN5O3. The van der Waals surface area contributed by atoms with Crippen LogP contribution in [0.1, 0.15) is 40.2 Å². The number of amides is 2. The van der Waals surface area contributed by atoms with E-state index in [4.69, 9.17) is 0 Å². The van der Waals surface area contributed by atoms with Crippen LogP contribution in [-0.4, -0.2) is 82.4 Å². The Balaban J connectivity index is 0.00000196. The number of piperidine rings is 2. The molecule has 1 aromatic rings. The Bertz CT molecular complexity index is 705. The maximum Gasteiger partial charge on any atom is 0.274 e. The molecule has 144 valence electrons. The summed E-state index contributed by atoms with van der Waals surface area (Å²) >= 11 is 0. The smallest absolute Gasteiger partial charge is 0.274 e. The number of hydrogen-bond donors (Lipinski definition) is 2. The summed E-state index contributed by atoms with van der Waals surface area (Å²) in [4.78, 5) is 28.6. The first-order valence-corrected chi connectivity index (χ1v) is 9.02. The third kappa shape index (κ3) is 3.10. The van der Waals surface area contributed by atoms with Crippen molar-refractivity contribution in [1.82, 2.24) is 24.9 Å². The Morgan fingerprint density at radius 1 is 1.38 bits per heavy atom. The molecule has 2 amide bonds. The second kappa shape index (κ2) is 7.17. The van der Waals surface area contributed by atoms with Gasteiger partial charge in [0.25, 0.3) is 11.8 Å². The SMILES string of the molecule is CN1CCn2nc(C(=O)N3CCC[C@]4(CNCC[C@@H]4O)C3)cc2C1=O.Cl. The number of aliphatic hydroxyl groups excluding tert-OH is 1. The number of likely N-dealkylation sites (tertiary alicyclic amines) is 1. The molecule has 8 nitrogen and oxygen atoms in total. The summed E-state index contributed by atoms with van der Waals surface area (Å²) in [5.41, 5.74) is 0.541. The highest BCUT2D eigenvalue weighted by atomic mass is 35.5. The Morgan fingerprint density at radius 2 is 2.19 bits per heavy atom. The molecule has 26 heavy (non-hydrogen) atoms. The maximum absolute atomic E-state index is 13.0. The Morgan fingerprint density at radius 3 is 2.96 bits per heavy atom. The lowest BCUT2D eigenvalue weighted by atomic mass is 9.72. The van der Waals surface area contributed by atoms with Crippen molar-refractivity contribution in [3.05, 3.63) is 17.5 Å². The first kappa shape index (κ1) is 19.1. The van der Waals surface area contributed by atoms with E-state index in [0.717, 1.165) is 32.4 Å². The van der Waals surface area contributed by atoms with Gasteiger partial charge in [-0.1, -0.05) is 0 Å². The number of carbonyl (C=O) groups excluding carboxylic acids is 2. The van der Waals surface area contributed by atoms with Crippen LogP contribution in [0.25, 0.3) is 0 Å². The summed E-state index contributed by atoms with van der Waals surface area (Å²) in [5, 5.41) is 18.2. The van der Waals surface area contributed by atoms with E-state index in [1.165, 1.54) is 0 Å². The molecule has 2 atom stereocenters. The van der Waals surface area contributed by atoms with E-state index in [1.54, 1.807) is 27.6 Å². The summed E-state index contributed by atoms with van der Waals surface area (Å²) in [5.74, 6) is -0.242. The van der Waals surface area contributed by atoms with E-state index in [-0.39, 0.29) is 35.7 Å². The highest BCUT2D eigenvalue weighted by Gasteiger charge is 2.44. The van der Waals surface area contributed by atoms with Crippen LogP contribution < -0.4 is 5.32 Å². The van der Waals surface area contributed by atoms with Gasteiger partial charge in [0.1, 0.15) is 5.69 Å². The highest BCUT2D eigenvalue weighted by molar-refractivity contribution is 5.98. The number of aliphatic hydroxyl groups is 1. The lowest BCUT2D eigenvalue weighted by Crippen LogP contribution is -2.58. The molecular weight excluding hydrogens is 358 g/mol. The van der Waals surface area contributed by atoms with Gasteiger partial charge in [-0.15, -0.1) is 12.4 Å². The molecule has 1 aromatic heterocycles. The average Bonchev–Trinajstić information content (AvgIpc) is 3.05. The van der Waals surface area contributed by atoms with E-state index in [9.17, 15) is 14.7 Å². The monoisotopic (exact) mass is 383 g/mol. The van der Waals surface area contributed by atoms with Gasteiger partial charge in [0.2, 0.25) is 0 Å². The van der Waals surface area contributed by atoms with Gasteiger partial charge in [-0.2, -0.15) is 5.10 Å². The zero-order chi connectivity index (χ0) is 17.6. The van der Waals surface area contributed by atoms with Crippen LogP contribution in [0.4, 0.5) is 0 Å². The third-order valence-electron chi connectivity index (χ3n) is 5.89. The predicted molar refractivity (Wildman–Crippen MR) is 97.5 cm³/mol.